The van der Waals surface area contributed by atoms with Gasteiger partial charge in [-0.3, -0.25) is 0 Å². The van der Waals surface area contributed by atoms with E-state index in [1.807, 2.05) is 0 Å². The molecule has 2 rings (SSSR count). The van der Waals surface area contributed by atoms with E-state index in [0.29, 0.717) is 0 Å². The topological polar surface area (TPSA) is 46.5 Å². The normalized spacial score (nSPS) is 19.4. The zero-order valence-electron chi connectivity index (χ0n) is 10.7. The number of carbonyl (C=O) groups excluding carboxylic acids is 1. The van der Waals surface area contributed by atoms with Crippen molar-refractivity contribution < 1.29 is 14.6 Å². The maximum Gasteiger partial charge on any atom is 0.330 e. The Kier molecular flexibility index (Phi) is 4.02. The SMILES string of the molecule is C=CC(=O)OCC(O)(C1=CCCC1)C1=CCCC1. The van der Waals surface area contributed by atoms with Crippen LogP contribution in [0, 0.1) is 0 Å². The summed E-state index contributed by atoms with van der Waals surface area (Å²) in [6, 6.07) is 0. The summed E-state index contributed by atoms with van der Waals surface area (Å²) in [7, 11) is 0. The highest BCUT2D eigenvalue weighted by molar-refractivity contribution is 5.81. The molecule has 0 fully saturated rings. The van der Waals surface area contributed by atoms with Gasteiger partial charge in [0, 0.05) is 6.08 Å². The Morgan fingerprint density at radius 1 is 1.33 bits per heavy atom. The van der Waals surface area contributed by atoms with Gasteiger partial charge < -0.3 is 9.84 Å². The largest absolute Gasteiger partial charge is 0.459 e. The summed E-state index contributed by atoms with van der Waals surface area (Å²) in [6.07, 6.45) is 11.2. The van der Waals surface area contributed by atoms with E-state index >= 15 is 0 Å². The Morgan fingerprint density at radius 3 is 2.28 bits per heavy atom. The van der Waals surface area contributed by atoms with E-state index in [1.165, 1.54) is 0 Å². The second kappa shape index (κ2) is 5.53. The van der Waals surface area contributed by atoms with Crippen LogP contribution in [-0.2, 0) is 9.53 Å². The molecule has 1 N–H and O–H groups in total. The van der Waals surface area contributed by atoms with Crippen LogP contribution in [0.1, 0.15) is 38.5 Å². The molecule has 0 heterocycles. The molecular formula is C15H20O3. The van der Waals surface area contributed by atoms with E-state index < -0.39 is 11.6 Å². The summed E-state index contributed by atoms with van der Waals surface area (Å²) < 4.78 is 5.09. The number of esters is 1. The lowest BCUT2D eigenvalue weighted by Gasteiger charge is -2.31. The summed E-state index contributed by atoms with van der Waals surface area (Å²) in [4.78, 5) is 11.2. The summed E-state index contributed by atoms with van der Waals surface area (Å²) in [5.41, 5.74) is 0.936. The van der Waals surface area contributed by atoms with Gasteiger partial charge in [-0.2, -0.15) is 0 Å². The van der Waals surface area contributed by atoms with Crippen LogP contribution in [0.2, 0.25) is 0 Å². The molecule has 0 aromatic rings. The first kappa shape index (κ1) is 13.1. The third-order valence-electron chi connectivity index (χ3n) is 3.73. The minimum atomic E-state index is -1.08. The number of rotatable bonds is 5. The van der Waals surface area contributed by atoms with E-state index in [4.69, 9.17) is 4.74 Å². The highest BCUT2D eigenvalue weighted by Crippen LogP contribution is 2.38. The third kappa shape index (κ3) is 2.56. The second-order valence-corrected chi connectivity index (χ2v) is 4.92. The van der Waals surface area contributed by atoms with E-state index in [2.05, 4.69) is 18.7 Å². The van der Waals surface area contributed by atoms with Gasteiger partial charge in [-0.05, 0) is 49.7 Å². The summed E-state index contributed by atoms with van der Waals surface area (Å²) in [5, 5.41) is 10.9. The van der Waals surface area contributed by atoms with Gasteiger partial charge >= 0.3 is 5.97 Å². The number of hydrogen-bond donors (Lipinski definition) is 1. The molecule has 0 spiro atoms. The fourth-order valence-corrected chi connectivity index (χ4v) is 2.72. The molecule has 2 aliphatic rings. The van der Waals surface area contributed by atoms with Gasteiger partial charge in [0.2, 0.25) is 0 Å². The van der Waals surface area contributed by atoms with Gasteiger partial charge in [0.05, 0.1) is 0 Å². The molecule has 0 aromatic carbocycles. The zero-order chi connectivity index (χ0) is 13.0. The van der Waals surface area contributed by atoms with Crippen LogP contribution >= 0.6 is 0 Å². The number of hydrogen-bond acceptors (Lipinski definition) is 3. The van der Waals surface area contributed by atoms with E-state index in [-0.39, 0.29) is 6.61 Å². The lowest BCUT2D eigenvalue weighted by molar-refractivity contribution is -0.142. The van der Waals surface area contributed by atoms with E-state index in [0.717, 1.165) is 55.7 Å². The van der Waals surface area contributed by atoms with Crippen molar-refractivity contribution in [1.82, 2.24) is 0 Å². The van der Waals surface area contributed by atoms with Crippen molar-refractivity contribution in [2.75, 3.05) is 6.61 Å². The van der Waals surface area contributed by atoms with Crippen molar-refractivity contribution in [2.45, 2.75) is 44.1 Å². The van der Waals surface area contributed by atoms with Gasteiger partial charge in [0.15, 0.2) is 0 Å². The van der Waals surface area contributed by atoms with Gasteiger partial charge in [-0.15, -0.1) is 0 Å². The van der Waals surface area contributed by atoms with Crippen molar-refractivity contribution in [3.63, 3.8) is 0 Å². The van der Waals surface area contributed by atoms with Gasteiger partial charge in [0.25, 0.3) is 0 Å². The molecule has 0 saturated heterocycles. The predicted molar refractivity (Wildman–Crippen MR) is 70.0 cm³/mol. The maximum atomic E-state index is 11.2. The average molecular weight is 248 g/mol. The second-order valence-electron chi connectivity index (χ2n) is 4.92. The molecular weight excluding hydrogens is 228 g/mol. The maximum absolute atomic E-state index is 11.2. The van der Waals surface area contributed by atoms with Crippen molar-refractivity contribution in [2.24, 2.45) is 0 Å². The van der Waals surface area contributed by atoms with Crippen molar-refractivity contribution in [1.29, 1.82) is 0 Å². The Balaban J connectivity index is 2.16. The van der Waals surface area contributed by atoms with Gasteiger partial charge in [-0.1, -0.05) is 18.7 Å². The van der Waals surface area contributed by atoms with E-state index in [9.17, 15) is 9.90 Å². The lowest BCUT2D eigenvalue weighted by atomic mass is 9.85. The Labute approximate surface area is 108 Å². The van der Waals surface area contributed by atoms with Crippen LogP contribution in [-0.4, -0.2) is 23.3 Å². The van der Waals surface area contributed by atoms with Crippen molar-refractivity contribution >= 4 is 5.97 Å². The number of carbonyl (C=O) groups is 1. The Hall–Kier alpha value is -1.35. The van der Waals surface area contributed by atoms with E-state index in [1.54, 1.807) is 0 Å². The molecule has 98 valence electrons. The molecule has 0 bridgehead atoms. The highest BCUT2D eigenvalue weighted by atomic mass is 16.5. The van der Waals surface area contributed by atoms with Crippen LogP contribution in [0.25, 0.3) is 0 Å². The van der Waals surface area contributed by atoms with Crippen LogP contribution in [0.4, 0.5) is 0 Å². The predicted octanol–water partition coefficient (Wildman–Crippen LogP) is 2.67. The molecule has 0 atom stereocenters. The molecule has 3 heteroatoms. The minimum absolute atomic E-state index is 0.00944. The van der Waals surface area contributed by atoms with Crippen LogP contribution in [0.5, 0.6) is 0 Å². The summed E-state index contributed by atoms with van der Waals surface area (Å²) >= 11 is 0. The molecule has 0 unspecified atom stereocenters. The van der Waals surface area contributed by atoms with Crippen LogP contribution in [0.15, 0.2) is 36.0 Å². The Morgan fingerprint density at radius 2 is 1.89 bits per heavy atom. The third-order valence-corrected chi connectivity index (χ3v) is 3.73. The molecule has 2 aliphatic carbocycles. The molecule has 0 aliphatic heterocycles. The molecule has 3 nitrogen and oxygen atoms in total. The molecule has 0 amide bonds. The fourth-order valence-electron chi connectivity index (χ4n) is 2.72. The van der Waals surface area contributed by atoms with Crippen molar-refractivity contribution in [3.8, 4) is 0 Å². The van der Waals surface area contributed by atoms with Crippen LogP contribution < -0.4 is 0 Å². The lowest BCUT2D eigenvalue weighted by Crippen LogP contribution is -2.39. The first-order valence-electron chi connectivity index (χ1n) is 6.57. The van der Waals surface area contributed by atoms with Gasteiger partial charge in [0.1, 0.15) is 12.2 Å². The van der Waals surface area contributed by atoms with Crippen LogP contribution in [0.3, 0.4) is 0 Å². The number of allylic oxidation sites excluding steroid dienone is 2. The molecule has 0 radical (unpaired) electrons. The summed E-state index contributed by atoms with van der Waals surface area (Å²) in [5.74, 6) is -0.481. The van der Waals surface area contributed by atoms with Crippen molar-refractivity contribution in [3.05, 3.63) is 36.0 Å². The number of ether oxygens (including phenoxy) is 1. The monoisotopic (exact) mass is 248 g/mol. The average Bonchev–Trinajstić information content (AvgIpc) is 3.06. The van der Waals surface area contributed by atoms with Gasteiger partial charge in [-0.25, -0.2) is 4.79 Å². The smallest absolute Gasteiger partial charge is 0.330 e. The standard InChI is InChI=1S/C15H20O3/c1-2-14(16)18-11-15(17,12-7-3-4-8-12)13-9-5-6-10-13/h2,7,9,17H,1,3-6,8,10-11H2. The minimum Gasteiger partial charge on any atom is -0.459 e. The quantitative estimate of drug-likeness (QED) is 0.462. The Bertz CT molecular complexity index is 380. The summed E-state index contributed by atoms with van der Waals surface area (Å²) in [6.45, 7) is 3.38. The molecule has 18 heavy (non-hydrogen) atoms. The molecule has 0 aromatic heterocycles. The first-order valence-corrected chi connectivity index (χ1v) is 6.57. The first-order chi connectivity index (χ1) is 8.66. The number of aliphatic hydroxyl groups is 1. The highest BCUT2D eigenvalue weighted by Gasteiger charge is 2.38. The fraction of sp³-hybridized carbons (Fsp3) is 0.533. The molecule has 0 saturated carbocycles. The zero-order valence-corrected chi connectivity index (χ0v) is 10.7.